The number of rotatable bonds is 2. The molecule has 0 amide bonds. The summed E-state index contributed by atoms with van der Waals surface area (Å²) in [6, 6.07) is 17.7. The van der Waals surface area contributed by atoms with Crippen molar-refractivity contribution in [3.05, 3.63) is 66.5 Å². The fourth-order valence-corrected chi connectivity index (χ4v) is 2.39. The van der Waals surface area contributed by atoms with Crippen molar-refractivity contribution < 1.29 is 14.4 Å². The van der Waals surface area contributed by atoms with Crippen LogP contribution in [0.3, 0.4) is 0 Å². The lowest BCUT2D eigenvalue weighted by molar-refractivity contribution is 0.425. The Morgan fingerprint density at radius 3 is 2.40 bits per heavy atom. The topological polar surface area (TPSA) is 40.5 Å². The summed E-state index contributed by atoms with van der Waals surface area (Å²) in [7, 11) is -1.68. The van der Waals surface area contributed by atoms with Crippen molar-refractivity contribution in [1.82, 2.24) is 0 Å². The van der Waals surface area contributed by atoms with Crippen LogP contribution in [0.25, 0.3) is 21.9 Å². The van der Waals surface area contributed by atoms with Gasteiger partial charge in [0, 0.05) is 0 Å². The van der Waals surface area contributed by atoms with E-state index in [-0.39, 0.29) is 5.46 Å². The minimum Gasteiger partial charge on any atom is -0.423 e. The van der Waals surface area contributed by atoms with Crippen LogP contribution in [0.1, 0.15) is 0 Å². The van der Waals surface area contributed by atoms with Crippen molar-refractivity contribution in [2.24, 2.45) is 0 Å². The molecule has 20 heavy (non-hydrogen) atoms. The lowest BCUT2D eigenvalue weighted by atomic mass is 9.78. The summed E-state index contributed by atoms with van der Waals surface area (Å²) in [5, 5.41) is 20.5. The van der Waals surface area contributed by atoms with E-state index in [1.165, 1.54) is 6.07 Å². The van der Waals surface area contributed by atoms with Crippen molar-refractivity contribution in [1.29, 1.82) is 0 Å². The molecular formula is C16H12BFO2. The molecule has 0 aliphatic rings. The molecule has 0 aromatic heterocycles. The van der Waals surface area contributed by atoms with Crippen LogP contribution < -0.4 is 5.46 Å². The molecule has 3 aromatic rings. The lowest BCUT2D eigenvalue weighted by Crippen LogP contribution is -2.30. The zero-order valence-electron chi connectivity index (χ0n) is 10.6. The molecule has 0 heterocycles. The van der Waals surface area contributed by atoms with E-state index in [9.17, 15) is 14.4 Å². The van der Waals surface area contributed by atoms with Crippen LogP contribution in [0.4, 0.5) is 4.39 Å². The van der Waals surface area contributed by atoms with Gasteiger partial charge in [0.1, 0.15) is 5.82 Å². The second-order valence-corrected chi connectivity index (χ2v) is 4.67. The maximum absolute atomic E-state index is 13.7. The summed E-state index contributed by atoms with van der Waals surface area (Å²) < 4.78 is 13.7. The highest BCUT2D eigenvalue weighted by Gasteiger charge is 2.14. The summed E-state index contributed by atoms with van der Waals surface area (Å²) in [5.41, 5.74) is 1.64. The first-order chi connectivity index (χ1) is 9.65. The molecular weight excluding hydrogens is 254 g/mol. The molecule has 0 bridgehead atoms. The molecule has 0 aliphatic carbocycles. The quantitative estimate of drug-likeness (QED) is 0.699. The fourth-order valence-electron chi connectivity index (χ4n) is 2.39. The molecule has 0 fully saturated rings. The second kappa shape index (κ2) is 5.08. The van der Waals surface area contributed by atoms with Crippen LogP contribution >= 0.6 is 0 Å². The smallest absolute Gasteiger partial charge is 0.423 e. The number of hydrogen-bond acceptors (Lipinski definition) is 2. The van der Waals surface area contributed by atoms with E-state index >= 15 is 0 Å². The van der Waals surface area contributed by atoms with E-state index in [4.69, 9.17) is 0 Å². The zero-order chi connectivity index (χ0) is 14.1. The Balaban J connectivity index is 2.25. The summed E-state index contributed by atoms with van der Waals surface area (Å²) in [5.74, 6) is -0.487. The maximum atomic E-state index is 13.7. The molecule has 0 spiro atoms. The number of fused-ring (bicyclic) bond motifs is 1. The van der Waals surface area contributed by atoms with Crippen molar-refractivity contribution in [2.75, 3.05) is 0 Å². The van der Waals surface area contributed by atoms with E-state index in [0.29, 0.717) is 5.56 Å². The average molecular weight is 266 g/mol. The van der Waals surface area contributed by atoms with Gasteiger partial charge >= 0.3 is 7.12 Å². The Morgan fingerprint density at radius 1 is 0.850 bits per heavy atom. The Labute approximate surface area is 116 Å². The molecule has 0 radical (unpaired) electrons. The number of hydrogen-bond donors (Lipinski definition) is 2. The largest absolute Gasteiger partial charge is 0.488 e. The number of halogens is 1. The van der Waals surface area contributed by atoms with Crippen LogP contribution in [0.2, 0.25) is 0 Å². The first-order valence-corrected chi connectivity index (χ1v) is 6.30. The Morgan fingerprint density at radius 2 is 1.60 bits per heavy atom. The molecule has 0 atom stereocenters. The lowest BCUT2D eigenvalue weighted by Gasteiger charge is -2.09. The van der Waals surface area contributed by atoms with Crippen LogP contribution in [0, 0.1) is 5.82 Å². The Bertz CT molecular complexity index is 766. The van der Waals surface area contributed by atoms with Gasteiger partial charge in [-0.15, -0.1) is 0 Å². The predicted octanol–water partition coefficient (Wildman–Crippen LogP) is 2.33. The van der Waals surface area contributed by atoms with E-state index in [2.05, 4.69) is 0 Å². The molecule has 0 unspecified atom stereocenters. The monoisotopic (exact) mass is 266 g/mol. The van der Waals surface area contributed by atoms with E-state index in [0.717, 1.165) is 22.4 Å². The normalized spacial score (nSPS) is 10.8. The summed E-state index contributed by atoms with van der Waals surface area (Å²) in [6.45, 7) is 0. The molecule has 98 valence electrons. The third-order valence-corrected chi connectivity index (χ3v) is 3.32. The van der Waals surface area contributed by atoms with Crippen LogP contribution in [0.15, 0.2) is 60.7 Å². The van der Waals surface area contributed by atoms with E-state index < -0.39 is 12.9 Å². The van der Waals surface area contributed by atoms with Gasteiger partial charge in [-0.25, -0.2) is 4.39 Å². The minimum absolute atomic E-state index is 0.146. The number of benzene rings is 3. The predicted molar refractivity (Wildman–Crippen MR) is 79.2 cm³/mol. The molecule has 2 nitrogen and oxygen atoms in total. The standard InChI is InChI=1S/C16H12BFO2/c18-14-9-12(8-13(10-14)17(19)20)16-7-3-5-11-4-1-2-6-15(11)16/h1-10,19-20H. The van der Waals surface area contributed by atoms with Crippen molar-refractivity contribution in [2.45, 2.75) is 0 Å². The van der Waals surface area contributed by atoms with Gasteiger partial charge in [0.25, 0.3) is 0 Å². The first kappa shape index (κ1) is 12.8. The fraction of sp³-hybridized carbons (Fsp3) is 0. The highest BCUT2D eigenvalue weighted by molar-refractivity contribution is 6.58. The van der Waals surface area contributed by atoms with E-state index in [1.807, 2.05) is 42.5 Å². The van der Waals surface area contributed by atoms with Gasteiger partial charge in [-0.2, -0.15) is 0 Å². The molecule has 4 heteroatoms. The summed E-state index contributed by atoms with van der Waals surface area (Å²) in [4.78, 5) is 0. The third-order valence-electron chi connectivity index (χ3n) is 3.32. The van der Waals surface area contributed by atoms with Crippen molar-refractivity contribution in [3.8, 4) is 11.1 Å². The average Bonchev–Trinajstić information content (AvgIpc) is 2.46. The van der Waals surface area contributed by atoms with Crippen molar-refractivity contribution in [3.63, 3.8) is 0 Å². The Hall–Kier alpha value is -2.17. The SMILES string of the molecule is OB(O)c1cc(F)cc(-c2cccc3ccccc23)c1. The van der Waals surface area contributed by atoms with Gasteiger partial charge in [0.2, 0.25) is 0 Å². The molecule has 3 rings (SSSR count). The van der Waals surface area contributed by atoms with Gasteiger partial charge < -0.3 is 10.0 Å². The zero-order valence-corrected chi connectivity index (χ0v) is 10.6. The van der Waals surface area contributed by atoms with E-state index in [1.54, 1.807) is 6.07 Å². The minimum atomic E-state index is -1.68. The van der Waals surface area contributed by atoms with Crippen LogP contribution in [-0.4, -0.2) is 17.2 Å². The molecule has 0 aliphatic heterocycles. The first-order valence-electron chi connectivity index (χ1n) is 6.30. The van der Waals surface area contributed by atoms with Crippen LogP contribution in [-0.2, 0) is 0 Å². The van der Waals surface area contributed by atoms with Gasteiger partial charge in [0.15, 0.2) is 0 Å². The van der Waals surface area contributed by atoms with Crippen LogP contribution in [0.5, 0.6) is 0 Å². The summed E-state index contributed by atoms with van der Waals surface area (Å²) >= 11 is 0. The summed E-state index contributed by atoms with van der Waals surface area (Å²) in [6.07, 6.45) is 0. The van der Waals surface area contributed by atoms with Gasteiger partial charge in [0.05, 0.1) is 0 Å². The highest BCUT2D eigenvalue weighted by Crippen LogP contribution is 2.28. The Kier molecular flexibility index (Phi) is 3.26. The maximum Gasteiger partial charge on any atom is 0.488 e. The van der Waals surface area contributed by atoms with Gasteiger partial charge in [-0.05, 0) is 39.5 Å². The highest BCUT2D eigenvalue weighted by atomic mass is 19.1. The van der Waals surface area contributed by atoms with Gasteiger partial charge in [-0.1, -0.05) is 48.5 Å². The molecule has 2 N–H and O–H groups in total. The molecule has 3 aromatic carbocycles. The third kappa shape index (κ3) is 2.31. The van der Waals surface area contributed by atoms with Crippen molar-refractivity contribution >= 4 is 23.4 Å². The van der Waals surface area contributed by atoms with Gasteiger partial charge in [-0.3, -0.25) is 0 Å². The molecule has 0 saturated heterocycles. The molecule has 0 saturated carbocycles. The second-order valence-electron chi connectivity index (χ2n) is 4.67.